The number of nitrogens with zero attached hydrogens (tertiary/aromatic N) is 5. The lowest BCUT2D eigenvalue weighted by molar-refractivity contribution is -0.384. The third kappa shape index (κ3) is 4.07. The summed E-state index contributed by atoms with van der Waals surface area (Å²) in [5.74, 6) is -1.02. The maximum absolute atomic E-state index is 14.2. The number of nitro groups is 1. The van der Waals surface area contributed by atoms with Crippen LogP contribution in [0.4, 0.5) is 15.8 Å². The number of benzene rings is 2. The number of hydrogen-bond acceptors (Lipinski definition) is 6. The van der Waals surface area contributed by atoms with E-state index in [1.54, 1.807) is 31.2 Å². The molecule has 0 spiro atoms. The molecule has 2 aromatic carbocycles. The van der Waals surface area contributed by atoms with Crippen LogP contribution in [0.1, 0.15) is 16.2 Å². The number of aryl methyl sites for hydroxylation is 1. The van der Waals surface area contributed by atoms with Gasteiger partial charge in [-0.25, -0.2) is 9.07 Å². The second-order valence-corrected chi connectivity index (χ2v) is 7.41. The second kappa shape index (κ2) is 8.58. The number of carbonyl (C=O) groups is 1. The van der Waals surface area contributed by atoms with Crippen molar-refractivity contribution in [3.8, 4) is 5.69 Å². The summed E-state index contributed by atoms with van der Waals surface area (Å²) in [6.45, 7) is 3.32. The van der Waals surface area contributed by atoms with Crippen LogP contribution < -0.4 is 10.3 Å². The lowest BCUT2D eigenvalue weighted by atomic mass is 10.2. The SMILES string of the molecule is Cc1cc(=O)c(C(=O)N2CCN(c3ccc([N+](=O)[O-])cc3)CC2)nn1-c1ccccc1F. The number of piperazine rings is 1. The molecular formula is C22H20FN5O4. The Bertz CT molecular complexity index is 1230. The highest BCUT2D eigenvalue weighted by atomic mass is 19.1. The molecule has 0 bridgehead atoms. The molecule has 9 nitrogen and oxygen atoms in total. The van der Waals surface area contributed by atoms with E-state index >= 15 is 0 Å². The fraction of sp³-hybridized carbons (Fsp3) is 0.227. The molecule has 1 saturated heterocycles. The number of carbonyl (C=O) groups excluding carboxylic acids is 1. The number of halogens is 1. The van der Waals surface area contributed by atoms with Gasteiger partial charge in [-0.15, -0.1) is 0 Å². The van der Waals surface area contributed by atoms with Crippen molar-refractivity contribution in [3.63, 3.8) is 0 Å². The van der Waals surface area contributed by atoms with Crippen LogP contribution in [0.2, 0.25) is 0 Å². The van der Waals surface area contributed by atoms with Crippen molar-refractivity contribution in [1.82, 2.24) is 14.7 Å². The summed E-state index contributed by atoms with van der Waals surface area (Å²) in [6, 6.07) is 13.5. The van der Waals surface area contributed by atoms with Crippen molar-refractivity contribution >= 4 is 17.3 Å². The van der Waals surface area contributed by atoms with Crippen LogP contribution in [0.3, 0.4) is 0 Å². The maximum atomic E-state index is 14.2. The summed E-state index contributed by atoms with van der Waals surface area (Å²) in [7, 11) is 0. The number of aromatic nitrogens is 2. The molecule has 1 aliphatic rings. The van der Waals surface area contributed by atoms with E-state index < -0.39 is 22.1 Å². The molecule has 0 aliphatic carbocycles. The molecular weight excluding hydrogens is 417 g/mol. The molecule has 0 atom stereocenters. The van der Waals surface area contributed by atoms with Crippen LogP contribution in [0.5, 0.6) is 0 Å². The second-order valence-electron chi connectivity index (χ2n) is 7.41. The third-order valence-electron chi connectivity index (χ3n) is 5.38. The van der Waals surface area contributed by atoms with Crippen molar-refractivity contribution in [2.75, 3.05) is 31.1 Å². The number of para-hydroxylation sites is 1. The van der Waals surface area contributed by atoms with E-state index in [0.29, 0.717) is 31.9 Å². The van der Waals surface area contributed by atoms with Gasteiger partial charge in [0.1, 0.15) is 11.5 Å². The Labute approximate surface area is 182 Å². The summed E-state index contributed by atoms with van der Waals surface area (Å²) in [6.07, 6.45) is 0. The van der Waals surface area contributed by atoms with Gasteiger partial charge < -0.3 is 9.80 Å². The summed E-state index contributed by atoms with van der Waals surface area (Å²) >= 11 is 0. The van der Waals surface area contributed by atoms with E-state index in [-0.39, 0.29) is 17.1 Å². The molecule has 0 unspecified atom stereocenters. The summed E-state index contributed by atoms with van der Waals surface area (Å²) in [5.41, 5.74) is 0.624. The predicted octanol–water partition coefficient (Wildman–Crippen LogP) is 2.55. The summed E-state index contributed by atoms with van der Waals surface area (Å²) in [5, 5.41) is 15.0. The molecule has 3 aromatic rings. The molecule has 164 valence electrons. The average Bonchev–Trinajstić information content (AvgIpc) is 2.80. The van der Waals surface area contributed by atoms with Crippen LogP contribution in [-0.4, -0.2) is 51.7 Å². The van der Waals surface area contributed by atoms with Crippen LogP contribution >= 0.6 is 0 Å². The van der Waals surface area contributed by atoms with Crippen LogP contribution in [0.15, 0.2) is 59.4 Å². The Morgan fingerprint density at radius 3 is 2.34 bits per heavy atom. The number of anilines is 1. The maximum Gasteiger partial charge on any atom is 0.278 e. The zero-order chi connectivity index (χ0) is 22.8. The number of rotatable bonds is 4. The van der Waals surface area contributed by atoms with Crippen molar-refractivity contribution in [1.29, 1.82) is 0 Å². The Hall–Kier alpha value is -4.08. The molecule has 0 N–H and O–H groups in total. The van der Waals surface area contributed by atoms with Crippen LogP contribution in [-0.2, 0) is 0 Å². The molecule has 2 heterocycles. The first-order chi connectivity index (χ1) is 15.3. The Morgan fingerprint density at radius 1 is 1.06 bits per heavy atom. The Balaban J connectivity index is 1.52. The minimum absolute atomic E-state index is 0.0131. The molecule has 1 amide bonds. The molecule has 0 radical (unpaired) electrons. The van der Waals surface area contributed by atoms with E-state index in [1.807, 2.05) is 4.90 Å². The van der Waals surface area contributed by atoms with Gasteiger partial charge in [0, 0.05) is 55.8 Å². The smallest absolute Gasteiger partial charge is 0.278 e. The van der Waals surface area contributed by atoms with Gasteiger partial charge in [-0.1, -0.05) is 12.1 Å². The topological polar surface area (TPSA) is 102 Å². The third-order valence-corrected chi connectivity index (χ3v) is 5.38. The highest BCUT2D eigenvalue weighted by Crippen LogP contribution is 2.21. The number of non-ortho nitro benzene ring substituents is 1. The monoisotopic (exact) mass is 437 g/mol. The first-order valence-corrected chi connectivity index (χ1v) is 9.99. The molecule has 1 aromatic heterocycles. The summed E-state index contributed by atoms with van der Waals surface area (Å²) in [4.78, 5) is 39.4. The summed E-state index contributed by atoms with van der Waals surface area (Å²) < 4.78 is 15.5. The van der Waals surface area contributed by atoms with Gasteiger partial charge in [0.15, 0.2) is 5.69 Å². The van der Waals surface area contributed by atoms with Gasteiger partial charge in [-0.05, 0) is 31.2 Å². The molecule has 32 heavy (non-hydrogen) atoms. The van der Waals surface area contributed by atoms with E-state index in [9.17, 15) is 24.1 Å². The van der Waals surface area contributed by atoms with E-state index in [1.165, 1.54) is 39.9 Å². The van der Waals surface area contributed by atoms with Gasteiger partial charge >= 0.3 is 0 Å². The lowest BCUT2D eigenvalue weighted by Gasteiger charge is -2.35. The van der Waals surface area contributed by atoms with E-state index in [0.717, 1.165) is 5.69 Å². The van der Waals surface area contributed by atoms with Crippen LogP contribution in [0, 0.1) is 22.9 Å². The molecule has 4 rings (SSSR count). The molecule has 1 fully saturated rings. The van der Waals surface area contributed by atoms with Gasteiger partial charge in [-0.3, -0.25) is 19.7 Å². The standard InChI is InChI=1S/C22H20FN5O4/c1-15-14-20(29)21(24-27(15)19-5-3-2-4-18(19)23)22(30)26-12-10-25(11-13-26)16-6-8-17(9-7-16)28(31)32/h2-9,14H,10-13H2,1H3. The number of nitro benzene ring substituents is 1. The van der Waals surface area contributed by atoms with Gasteiger partial charge in [-0.2, -0.15) is 5.10 Å². The number of amides is 1. The van der Waals surface area contributed by atoms with E-state index in [2.05, 4.69) is 5.10 Å². The highest BCUT2D eigenvalue weighted by molar-refractivity contribution is 5.92. The Kier molecular flexibility index (Phi) is 5.67. The average molecular weight is 437 g/mol. The van der Waals surface area contributed by atoms with Gasteiger partial charge in [0.25, 0.3) is 11.6 Å². The molecule has 1 aliphatic heterocycles. The lowest BCUT2D eigenvalue weighted by Crippen LogP contribution is -2.50. The fourth-order valence-corrected chi connectivity index (χ4v) is 3.67. The largest absolute Gasteiger partial charge is 0.368 e. The van der Waals surface area contributed by atoms with Gasteiger partial charge in [0.05, 0.1) is 4.92 Å². The normalized spacial score (nSPS) is 13.8. The minimum Gasteiger partial charge on any atom is -0.368 e. The zero-order valence-electron chi connectivity index (χ0n) is 17.3. The molecule has 10 heteroatoms. The van der Waals surface area contributed by atoms with Crippen LogP contribution in [0.25, 0.3) is 5.69 Å². The van der Waals surface area contributed by atoms with Crippen molar-refractivity contribution < 1.29 is 14.1 Å². The fourth-order valence-electron chi connectivity index (χ4n) is 3.67. The molecule has 0 saturated carbocycles. The predicted molar refractivity (Wildman–Crippen MR) is 116 cm³/mol. The highest BCUT2D eigenvalue weighted by Gasteiger charge is 2.26. The first-order valence-electron chi connectivity index (χ1n) is 9.99. The first kappa shape index (κ1) is 21.2. The quantitative estimate of drug-likeness (QED) is 0.459. The minimum atomic E-state index is -0.516. The van der Waals surface area contributed by atoms with Crippen molar-refractivity contribution in [2.45, 2.75) is 6.92 Å². The number of hydrogen-bond donors (Lipinski definition) is 0. The Morgan fingerprint density at radius 2 is 1.72 bits per heavy atom. The zero-order valence-corrected chi connectivity index (χ0v) is 17.3. The van der Waals surface area contributed by atoms with Crippen molar-refractivity contribution in [3.05, 3.63) is 92.1 Å². The van der Waals surface area contributed by atoms with E-state index in [4.69, 9.17) is 0 Å². The van der Waals surface area contributed by atoms with Crippen molar-refractivity contribution in [2.24, 2.45) is 0 Å². The van der Waals surface area contributed by atoms with Gasteiger partial charge in [0.2, 0.25) is 5.43 Å².